The van der Waals surface area contributed by atoms with Crippen molar-refractivity contribution in [1.82, 2.24) is 43.4 Å². The number of aromatic nitrogens is 7. The summed E-state index contributed by atoms with van der Waals surface area (Å²) in [6.45, 7) is 18.3. The number of carbonyl (C=O) groups excluding carboxylic acids is 4. The predicted octanol–water partition coefficient (Wildman–Crippen LogP) is 15.0. The minimum absolute atomic E-state index is 0.0226. The molecule has 7 aliphatic rings. The van der Waals surface area contributed by atoms with Gasteiger partial charge in [0.2, 0.25) is 0 Å². The summed E-state index contributed by atoms with van der Waals surface area (Å²) < 4.78 is 43.6. The van der Waals surface area contributed by atoms with Gasteiger partial charge in [-0.15, -0.1) is 0 Å². The van der Waals surface area contributed by atoms with Gasteiger partial charge in [0.1, 0.15) is 34.8 Å². The van der Waals surface area contributed by atoms with E-state index in [0.29, 0.717) is 30.8 Å². The average Bonchev–Trinajstić information content (AvgIpc) is 1.64. The second kappa shape index (κ2) is 32.7. The van der Waals surface area contributed by atoms with E-state index < -0.39 is 0 Å². The van der Waals surface area contributed by atoms with Crippen LogP contribution in [0.5, 0.6) is 5.75 Å². The monoisotopic (exact) mass is 1480 g/mol. The molecule has 0 unspecified atom stereocenters. The number of anilines is 3. The molecule has 16 rings (SSSR count). The van der Waals surface area contributed by atoms with E-state index in [9.17, 15) is 33.6 Å². The molecule has 109 heavy (non-hydrogen) atoms. The van der Waals surface area contributed by atoms with Crippen LogP contribution in [-0.2, 0) is 77.0 Å². The third-order valence-electron chi connectivity index (χ3n) is 24.1. The van der Waals surface area contributed by atoms with Crippen LogP contribution in [0, 0.1) is 34.4 Å². The number of Topliss-reactive ketones (excluding diaryl/α,β-unsaturated/α-hetero) is 1. The van der Waals surface area contributed by atoms with Crippen LogP contribution in [0.25, 0.3) is 33.1 Å². The van der Waals surface area contributed by atoms with Gasteiger partial charge in [-0.2, -0.15) is 5.26 Å². The molecule has 3 amide bonds. The number of imidazole rings is 3. The number of ether oxygens (including phenoxy) is 4. The van der Waals surface area contributed by atoms with Crippen molar-refractivity contribution in [2.75, 3.05) is 68.8 Å². The van der Waals surface area contributed by atoms with E-state index in [1.165, 1.54) is 62.9 Å². The SMILES string of the molecule is COC(=O)N1c2ccc3c(nc(CCc4cccc(OC(C)C)c4)n3C3CC4(CNC4)C3)c2CC[C@@H]1C.COC(=O)N1c2ccc3c(nc(CCn4ccccc4=O)n3CCN3CCC(C#N)CC3)c2CC[C@@H]1C.COC(=O)N1c2ccc3c(nc(Cc4ccc(F)cc4)n3[C@@H]3CCC[C@@H](C(C)=O)C3)c2CC[C@@H]1C. The lowest BCUT2D eigenvalue weighted by Gasteiger charge is -2.55. The largest absolute Gasteiger partial charge is 0.491 e. The number of nitriles is 1. The number of methoxy groups -OCH3 is 3. The molecule has 2 saturated carbocycles. The van der Waals surface area contributed by atoms with Crippen molar-refractivity contribution in [3.63, 3.8) is 0 Å². The zero-order chi connectivity index (χ0) is 76.4. The lowest BCUT2D eigenvalue weighted by Crippen LogP contribution is -2.60. The highest BCUT2D eigenvalue weighted by atomic mass is 19.1. The summed E-state index contributed by atoms with van der Waals surface area (Å²) in [7, 11) is 4.28. The number of hydrogen-bond donors (Lipinski definition) is 1. The molecule has 23 heteroatoms. The van der Waals surface area contributed by atoms with Gasteiger partial charge in [0, 0.05) is 123 Å². The predicted molar refractivity (Wildman–Crippen MR) is 420 cm³/mol. The van der Waals surface area contributed by atoms with E-state index in [-0.39, 0.29) is 77.5 Å². The lowest BCUT2D eigenvalue weighted by molar-refractivity contribution is -0.122. The molecular weight excluding hydrogens is 1380 g/mol. The summed E-state index contributed by atoms with van der Waals surface area (Å²) in [5, 5.41) is 12.7. The molecule has 5 aliphatic heterocycles. The number of fused-ring (bicyclic) bond motifs is 9. The Morgan fingerprint density at radius 1 is 0.606 bits per heavy atom. The van der Waals surface area contributed by atoms with Gasteiger partial charge in [-0.25, -0.2) is 33.7 Å². The van der Waals surface area contributed by atoms with Gasteiger partial charge in [-0.3, -0.25) is 24.3 Å². The molecule has 0 bridgehead atoms. The van der Waals surface area contributed by atoms with Crippen LogP contribution in [0.3, 0.4) is 0 Å². The number of carbonyl (C=O) groups is 4. The normalized spacial score (nSPS) is 20.4. The number of likely N-dealkylation sites (tertiary alicyclic amines) is 1. The summed E-state index contributed by atoms with van der Waals surface area (Å²) in [6, 6.07) is 35.9. The number of pyridine rings is 1. The van der Waals surface area contributed by atoms with Gasteiger partial charge >= 0.3 is 18.3 Å². The van der Waals surface area contributed by atoms with E-state index in [1.807, 2.05) is 44.3 Å². The molecule has 9 heterocycles. The Hall–Kier alpha value is -9.92. The van der Waals surface area contributed by atoms with E-state index in [4.69, 9.17) is 33.9 Å². The molecule has 2 saturated heterocycles. The third-order valence-corrected chi connectivity index (χ3v) is 24.1. The Kier molecular flexibility index (Phi) is 22.8. The van der Waals surface area contributed by atoms with Gasteiger partial charge in [0.05, 0.1) is 83.7 Å². The number of nitrogens with one attached hydrogen (secondary N) is 1. The van der Waals surface area contributed by atoms with Gasteiger partial charge < -0.3 is 47.4 Å². The first kappa shape index (κ1) is 75.9. The van der Waals surface area contributed by atoms with Crippen LogP contribution in [0.2, 0.25) is 0 Å². The Labute approximate surface area is 637 Å². The van der Waals surface area contributed by atoms with E-state index in [0.717, 1.165) is 214 Å². The van der Waals surface area contributed by atoms with Crippen molar-refractivity contribution in [1.29, 1.82) is 5.26 Å². The molecular formula is C86H104FN13O9. The van der Waals surface area contributed by atoms with Crippen molar-refractivity contribution in [2.24, 2.45) is 17.3 Å². The molecule has 0 radical (unpaired) electrons. The van der Waals surface area contributed by atoms with Crippen molar-refractivity contribution in [2.45, 2.75) is 207 Å². The number of benzene rings is 5. The second-order valence-electron chi connectivity index (χ2n) is 31.6. The van der Waals surface area contributed by atoms with Crippen molar-refractivity contribution in [3.8, 4) is 11.8 Å². The van der Waals surface area contributed by atoms with Gasteiger partial charge in [0.15, 0.2) is 0 Å². The number of piperidine rings is 1. The fourth-order valence-electron chi connectivity index (χ4n) is 18.2. The summed E-state index contributed by atoms with van der Waals surface area (Å²) >= 11 is 0. The number of nitrogens with zero attached hydrogens (tertiary/aromatic N) is 12. The maximum Gasteiger partial charge on any atom is 0.414 e. The molecule has 5 aromatic carbocycles. The fourth-order valence-corrected chi connectivity index (χ4v) is 18.2. The molecule has 1 N–H and O–H groups in total. The topological polar surface area (TPSA) is 229 Å². The van der Waals surface area contributed by atoms with Crippen molar-refractivity contribution < 1.29 is 42.5 Å². The second-order valence-corrected chi connectivity index (χ2v) is 31.6. The first-order chi connectivity index (χ1) is 52.7. The molecule has 4 aromatic heterocycles. The fraction of sp³-hybridized carbons (Fsp3) is 0.500. The Bertz CT molecular complexity index is 4940. The van der Waals surface area contributed by atoms with Crippen molar-refractivity contribution >= 4 is 74.2 Å². The average molecular weight is 1480 g/mol. The molecule has 22 nitrogen and oxygen atoms in total. The Balaban J connectivity index is 0.000000137. The molecule has 2 aliphatic carbocycles. The smallest absolute Gasteiger partial charge is 0.414 e. The summed E-state index contributed by atoms with van der Waals surface area (Å²) in [4.78, 5) is 85.5. The summed E-state index contributed by atoms with van der Waals surface area (Å²) in [6.07, 6.45) is 17.1. The van der Waals surface area contributed by atoms with Crippen LogP contribution in [0.15, 0.2) is 114 Å². The van der Waals surface area contributed by atoms with Gasteiger partial charge in [0.25, 0.3) is 5.56 Å². The minimum atomic E-state index is -0.361. The number of halogens is 1. The lowest BCUT2D eigenvalue weighted by atomic mass is 9.61. The number of hydrogen-bond acceptors (Lipinski definition) is 15. The van der Waals surface area contributed by atoms with E-state index >= 15 is 0 Å². The maximum atomic E-state index is 13.5. The highest BCUT2D eigenvalue weighted by Crippen LogP contribution is 2.53. The quantitative estimate of drug-likeness (QED) is 0.0887. The van der Waals surface area contributed by atoms with Crippen LogP contribution < -0.4 is 30.3 Å². The maximum absolute atomic E-state index is 13.5. The van der Waals surface area contributed by atoms with E-state index in [1.54, 1.807) is 50.5 Å². The number of aryl methyl sites for hydroxylation is 7. The molecule has 9 aromatic rings. The highest BCUT2D eigenvalue weighted by molar-refractivity contribution is 5.98. The van der Waals surface area contributed by atoms with Gasteiger partial charge in [-0.1, -0.05) is 36.8 Å². The van der Waals surface area contributed by atoms with Gasteiger partial charge in [-0.05, 0) is 228 Å². The van der Waals surface area contributed by atoms with E-state index in [2.05, 4.69) is 93.2 Å². The Morgan fingerprint density at radius 3 is 1.71 bits per heavy atom. The molecule has 4 fully saturated rings. The van der Waals surface area contributed by atoms with Crippen LogP contribution in [0.1, 0.15) is 170 Å². The summed E-state index contributed by atoms with van der Waals surface area (Å²) in [5.74, 6) is 4.14. The molecule has 5 atom stereocenters. The number of ketones is 1. The number of rotatable bonds is 16. The summed E-state index contributed by atoms with van der Waals surface area (Å²) in [5.41, 5.74) is 14.9. The zero-order valence-corrected chi connectivity index (χ0v) is 64.6. The first-order valence-corrected chi connectivity index (χ1v) is 39.4. The van der Waals surface area contributed by atoms with Crippen LogP contribution in [-0.4, -0.2) is 140 Å². The first-order valence-electron chi connectivity index (χ1n) is 39.4. The molecule has 574 valence electrons. The van der Waals surface area contributed by atoms with Crippen LogP contribution >= 0.6 is 0 Å². The standard InChI is InChI=1S/C30H38N4O3.C28H32FN3O3.C28H34N6O3/c1-19(2)37-23-7-5-6-21(14-23)9-13-27-32-28-24-10-8-20(3)33(29(35)36-4)25(24)11-12-26(28)34(27)22-15-30(16-22)17-31-18-30;1-17-7-12-23-24(31(17)28(34)35-3)13-14-25-27(23)30-26(15-19-8-10-21(29)11-9-19)32(25)22-6-4-5-20(16-22)18(2)33;1-20-6-7-22-23(34(20)28(36)37-2)8-9-24-27(22)30-25(12-16-32-13-4-3-5-26(32)35)33(24)18-17-31-14-10-21(19-29)11-15-31/h5-7,11-12,14,19-20,22,31H,8-10,13,15-18H2,1-4H3;8-11,13-14,17,20,22H,4-7,12,15-16H2,1-3H3;3-5,8-9,13,20-21H,6-7,10-12,14-18H2,1-2H3/t20-;17-,20+,22+;20-/m000/s1. The highest BCUT2D eigenvalue weighted by Gasteiger charge is 2.50. The third kappa shape index (κ3) is 15.7. The molecule has 1 spiro atoms. The number of amides is 3. The zero-order valence-electron chi connectivity index (χ0n) is 64.6. The van der Waals surface area contributed by atoms with Crippen molar-refractivity contribution in [3.05, 3.63) is 171 Å². The Morgan fingerprint density at radius 2 is 1.17 bits per heavy atom. The van der Waals surface area contributed by atoms with Crippen LogP contribution in [0.4, 0.5) is 35.8 Å². The minimum Gasteiger partial charge on any atom is -0.491 e.